The van der Waals surface area contributed by atoms with E-state index in [0.717, 1.165) is 0 Å². The Kier molecular flexibility index (Phi) is 5.35. The van der Waals surface area contributed by atoms with Gasteiger partial charge in [-0.15, -0.1) is 0 Å². The first-order valence-electron chi connectivity index (χ1n) is 6.08. The summed E-state index contributed by atoms with van der Waals surface area (Å²) in [5.41, 5.74) is 0.687. The molecule has 18 heavy (non-hydrogen) atoms. The molecule has 0 aliphatic carbocycles. The van der Waals surface area contributed by atoms with Gasteiger partial charge in [-0.25, -0.2) is 9.78 Å². The Morgan fingerprint density at radius 1 is 1.44 bits per heavy atom. The number of hydrogen-bond acceptors (Lipinski definition) is 3. The molecule has 1 aromatic rings. The molecule has 0 aliphatic rings. The predicted octanol–water partition coefficient (Wildman–Crippen LogP) is 0.958. The molecule has 3 N–H and O–H groups in total. The van der Waals surface area contributed by atoms with Crippen LogP contribution in [0.5, 0.6) is 0 Å². The zero-order valence-corrected chi connectivity index (χ0v) is 10.6. The van der Waals surface area contributed by atoms with Crippen molar-refractivity contribution < 1.29 is 14.7 Å². The second-order valence-electron chi connectivity index (χ2n) is 4.19. The fraction of sp³-hybridized carbons (Fsp3) is 0.583. The summed E-state index contributed by atoms with van der Waals surface area (Å²) in [6, 6.07) is -0.918. The Balaban J connectivity index is 2.63. The standard InChI is InChI=1S/C12H19N3O3/c1-3-8(4-2)11(16)15-10(12(17)18)5-9-6-13-7-14-9/h6-8,10H,3-5H2,1-2H3,(H,13,14)(H,15,16)(H,17,18)/t10-/m1/s1. The van der Waals surface area contributed by atoms with Crippen molar-refractivity contribution in [1.29, 1.82) is 0 Å². The zero-order valence-electron chi connectivity index (χ0n) is 10.6. The number of aromatic nitrogens is 2. The number of carboxylic acid groups (broad SMARTS) is 1. The van der Waals surface area contributed by atoms with Crippen LogP contribution in [0.25, 0.3) is 0 Å². The molecule has 6 heteroatoms. The van der Waals surface area contributed by atoms with Crippen molar-refractivity contribution >= 4 is 11.9 Å². The smallest absolute Gasteiger partial charge is 0.326 e. The molecule has 0 saturated carbocycles. The van der Waals surface area contributed by atoms with Crippen molar-refractivity contribution in [3.05, 3.63) is 18.2 Å². The van der Waals surface area contributed by atoms with Gasteiger partial charge in [0.1, 0.15) is 6.04 Å². The number of nitrogens with zero attached hydrogens (tertiary/aromatic N) is 1. The second kappa shape index (κ2) is 6.78. The summed E-state index contributed by atoms with van der Waals surface area (Å²) in [5, 5.41) is 11.7. The van der Waals surface area contributed by atoms with Crippen LogP contribution in [0, 0.1) is 5.92 Å². The number of amides is 1. The number of hydrogen-bond donors (Lipinski definition) is 3. The summed E-state index contributed by atoms with van der Waals surface area (Å²) in [7, 11) is 0. The van der Waals surface area contributed by atoms with Gasteiger partial charge >= 0.3 is 5.97 Å². The van der Waals surface area contributed by atoms with Gasteiger partial charge in [0.05, 0.1) is 6.33 Å². The molecule has 0 fully saturated rings. The Hall–Kier alpha value is -1.85. The van der Waals surface area contributed by atoms with Crippen LogP contribution in [0.1, 0.15) is 32.4 Å². The third kappa shape index (κ3) is 3.87. The van der Waals surface area contributed by atoms with E-state index in [2.05, 4.69) is 15.3 Å². The number of carbonyl (C=O) groups excluding carboxylic acids is 1. The van der Waals surface area contributed by atoms with E-state index in [0.29, 0.717) is 18.5 Å². The van der Waals surface area contributed by atoms with E-state index in [1.165, 1.54) is 6.33 Å². The first kappa shape index (κ1) is 14.2. The lowest BCUT2D eigenvalue weighted by atomic mass is 10.0. The number of imidazole rings is 1. The number of aliphatic carboxylic acids is 1. The number of aromatic amines is 1. The number of carboxylic acids is 1. The van der Waals surface area contributed by atoms with Gasteiger partial charge in [0.25, 0.3) is 0 Å². The van der Waals surface area contributed by atoms with Crippen LogP contribution >= 0.6 is 0 Å². The summed E-state index contributed by atoms with van der Waals surface area (Å²) in [4.78, 5) is 29.6. The molecule has 0 aromatic carbocycles. The van der Waals surface area contributed by atoms with Crippen molar-refractivity contribution in [2.24, 2.45) is 5.92 Å². The van der Waals surface area contributed by atoms with Crippen molar-refractivity contribution in [3.63, 3.8) is 0 Å². The van der Waals surface area contributed by atoms with Crippen molar-refractivity contribution in [1.82, 2.24) is 15.3 Å². The summed E-state index contributed by atoms with van der Waals surface area (Å²) >= 11 is 0. The lowest BCUT2D eigenvalue weighted by Gasteiger charge is -2.17. The SMILES string of the molecule is CCC(CC)C(=O)N[C@H](Cc1cnc[nH]1)C(=O)O. The molecule has 1 atom stereocenters. The Labute approximate surface area is 106 Å². The van der Waals surface area contributed by atoms with Crippen LogP contribution in [0.3, 0.4) is 0 Å². The highest BCUT2D eigenvalue weighted by Gasteiger charge is 2.24. The number of carbonyl (C=O) groups is 2. The van der Waals surface area contributed by atoms with E-state index < -0.39 is 12.0 Å². The van der Waals surface area contributed by atoms with Crippen LogP contribution in [0.4, 0.5) is 0 Å². The number of nitrogens with one attached hydrogen (secondary N) is 2. The van der Waals surface area contributed by atoms with E-state index in [9.17, 15) is 9.59 Å². The van der Waals surface area contributed by atoms with Gasteiger partial charge in [-0.2, -0.15) is 0 Å². The second-order valence-corrected chi connectivity index (χ2v) is 4.19. The first-order chi connectivity index (χ1) is 8.58. The molecular weight excluding hydrogens is 234 g/mol. The maximum absolute atomic E-state index is 11.8. The predicted molar refractivity (Wildman–Crippen MR) is 65.9 cm³/mol. The fourth-order valence-electron chi connectivity index (χ4n) is 1.77. The molecule has 0 bridgehead atoms. The Bertz CT molecular complexity index is 385. The average molecular weight is 253 g/mol. The molecule has 1 aromatic heterocycles. The maximum atomic E-state index is 11.8. The first-order valence-corrected chi connectivity index (χ1v) is 6.08. The van der Waals surface area contributed by atoms with Crippen molar-refractivity contribution in [2.75, 3.05) is 0 Å². The molecule has 6 nitrogen and oxygen atoms in total. The zero-order chi connectivity index (χ0) is 13.5. The largest absolute Gasteiger partial charge is 0.480 e. The minimum absolute atomic E-state index is 0.131. The van der Waals surface area contributed by atoms with E-state index in [4.69, 9.17) is 5.11 Å². The summed E-state index contributed by atoms with van der Waals surface area (Å²) in [6.07, 6.45) is 4.66. The van der Waals surface area contributed by atoms with Gasteiger partial charge in [-0.3, -0.25) is 4.79 Å². The molecule has 0 radical (unpaired) electrons. The summed E-state index contributed by atoms with van der Waals surface area (Å²) in [6.45, 7) is 3.83. The molecule has 100 valence electrons. The van der Waals surface area contributed by atoms with E-state index in [-0.39, 0.29) is 18.2 Å². The Morgan fingerprint density at radius 2 is 2.11 bits per heavy atom. The van der Waals surface area contributed by atoms with Gasteiger partial charge in [0.2, 0.25) is 5.91 Å². The van der Waals surface area contributed by atoms with Crippen molar-refractivity contribution in [2.45, 2.75) is 39.2 Å². The third-order valence-electron chi connectivity index (χ3n) is 2.95. The Morgan fingerprint density at radius 3 is 2.56 bits per heavy atom. The van der Waals surface area contributed by atoms with Crippen LogP contribution < -0.4 is 5.32 Å². The lowest BCUT2D eigenvalue weighted by molar-refractivity contribution is -0.142. The van der Waals surface area contributed by atoms with Crippen molar-refractivity contribution in [3.8, 4) is 0 Å². The highest BCUT2D eigenvalue weighted by Crippen LogP contribution is 2.08. The minimum atomic E-state index is -1.04. The normalized spacial score (nSPS) is 12.4. The van der Waals surface area contributed by atoms with E-state index >= 15 is 0 Å². The van der Waals surface area contributed by atoms with E-state index in [1.54, 1.807) is 6.20 Å². The molecule has 0 aliphatic heterocycles. The number of H-pyrrole nitrogens is 1. The maximum Gasteiger partial charge on any atom is 0.326 e. The van der Waals surface area contributed by atoms with Crippen LogP contribution in [0.2, 0.25) is 0 Å². The van der Waals surface area contributed by atoms with E-state index in [1.807, 2.05) is 13.8 Å². The topological polar surface area (TPSA) is 95.1 Å². The lowest BCUT2D eigenvalue weighted by Crippen LogP contribution is -2.44. The molecule has 0 spiro atoms. The third-order valence-corrected chi connectivity index (χ3v) is 2.95. The molecule has 0 unspecified atom stereocenters. The van der Waals surface area contributed by atoms with Gasteiger partial charge in [-0.1, -0.05) is 13.8 Å². The molecular formula is C12H19N3O3. The monoisotopic (exact) mass is 253 g/mol. The van der Waals surface area contributed by atoms with Gasteiger partial charge in [-0.05, 0) is 12.8 Å². The molecule has 1 rings (SSSR count). The highest BCUT2D eigenvalue weighted by molar-refractivity contribution is 5.85. The minimum Gasteiger partial charge on any atom is -0.480 e. The quantitative estimate of drug-likeness (QED) is 0.674. The van der Waals surface area contributed by atoms with Crippen LogP contribution in [-0.2, 0) is 16.0 Å². The van der Waals surface area contributed by atoms with Gasteiger partial charge in [0, 0.05) is 24.2 Å². The fourth-order valence-corrected chi connectivity index (χ4v) is 1.77. The number of rotatable bonds is 7. The van der Waals surface area contributed by atoms with Crippen LogP contribution in [-0.4, -0.2) is 33.0 Å². The average Bonchev–Trinajstić information content (AvgIpc) is 2.82. The summed E-state index contributed by atoms with van der Waals surface area (Å²) in [5.74, 6) is -1.37. The van der Waals surface area contributed by atoms with Crippen LogP contribution in [0.15, 0.2) is 12.5 Å². The summed E-state index contributed by atoms with van der Waals surface area (Å²) < 4.78 is 0. The van der Waals surface area contributed by atoms with Gasteiger partial charge in [0.15, 0.2) is 0 Å². The molecule has 0 saturated heterocycles. The van der Waals surface area contributed by atoms with Gasteiger partial charge < -0.3 is 15.4 Å². The molecule has 1 heterocycles. The highest BCUT2D eigenvalue weighted by atomic mass is 16.4. The molecule has 1 amide bonds.